The van der Waals surface area contributed by atoms with E-state index >= 15 is 0 Å². The number of anilines is 1. The standard InChI is InChI=1S/C18H14F3N3O3/c1-24-17(26)14-5-3-2-4-13(14)15(23-24)16(25)22-11-6-8-12(9-7-11)27-10-18(19,20)21/h2-9H,10H2,1H3,(H,22,25). The van der Waals surface area contributed by atoms with Gasteiger partial charge in [0, 0.05) is 18.1 Å². The molecule has 6 nitrogen and oxygen atoms in total. The van der Waals surface area contributed by atoms with Crippen LogP contribution in [0.4, 0.5) is 18.9 Å². The topological polar surface area (TPSA) is 73.2 Å². The Morgan fingerprint density at radius 3 is 2.37 bits per heavy atom. The maximum Gasteiger partial charge on any atom is 0.422 e. The lowest BCUT2D eigenvalue weighted by Crippen LogP contribution is -2.25. The van der Waals surface area contributed by atoms with Crippen LogP contribution in [0.5, 0.6) is 5.75 Å². The Hall–Kier alpha value is -3.36. The molecular weight excluding hydrogens is 363 g/mol. The number of hydrogen-bond donors (Lipinski definition) is 1. The number of rotatable bonds is 4. The second-order valence-electron chi connectivity index (χ2n) is 5.71. The minimum absolute atomic E-state index is 0.0241. The van der Waals surface area contributed by atoms with Crippen LogP contribution in [0.15, 0.2) is 53.3 Å². The highest BCUT2D eigenvalue weighted by Crippen LogP contribution is 2.21. The van der Waals surface area contributed by atoms with Crippen molar-refractivity contribution in [1.82, 2.24) is 9.78 Å². The first kappa shape index (κ1) is 18.4. The van der Waals surface area contributed by atoms with Gasteiger partial charge in [0.15, 0.2) is 12.3 Å². The van der Waals surface area contributed by atoms with Gasteiger partial charge >= 0.3 is 6.18 Å². The molecule has 1 aromatic heterocycles. The average Bonchev–Trinajstić information content (AvgIpc) is 2.63. The summed E-state index contributed by atoms with van der Waals surface area (Å²) in [7, 11) is 1.44. The number of hydrogen-bond acceptors (Lipinski definition) is 4. The van der Waals surface area contributed by atoms with Crippen LogP contribution in [0.1, 0.15) is 10.5 Å². The van der Waals surface area contributed by atoms with E-state index in [1.165, 1.54) is 31.3 Å². The van der Waals surface area contributed by atoms with Crippen molar-refractivity contribution < 1.29 is 22.7 Å². The zero-order valence-electron chi connectivity index (χ0n) is 14.1. The van der Waals surface area contributed by atoms with Gasteiger partial charge in [-0.2, -0.15) is 18.3 Å². The van der Waals surface area contributed by atoms with E-state index in [0.29, 0.717) is 16.5 Å². The second-order valence-corrected chi connectivity index (χ2v) is 5.71. The van der Waals surface area contributed by atoms with Crippen LogP contribution < -0.4 is 15.6 Å². The molecule has 0 radical (unpaired) electrons. The summed E-state index contributed by atoms with van der Waals surface area (Å²) < 4.78 is 42.2. The van der Waals surface area contributed by atoms with Crippen molar-refractivity contribution in [3.63, 3.8) is 0 Å². The third kappa shape index (κ3) is 4.25. The molecular formula is C18H14F3N3O3. The number of benzene rings is 2. The SMILES string of the molecule is Cn1nc(C(=O)Nc2ccc(OCC(F)(F)F)cc2)c2ccccc2c1=O. The Bertz CT molecular complexity index is 1040. The fourth-order valence-corrected chi connectivity index (χ4v) is 2.46. The molecule has 2 aromatic carbocycles. The van der Waals surface area contributed by atoms with Gasteiger partial charge in [0.05, 0.1) is 5.39 Å². The van der Waals surface area contributed by atoms with Crippen LogP contribution in [0, 0.1) is 0 Å². The zero-order chi connectivity index (χ0) is 19.6. The zero-order valence-corrected chi connectivity index (χ0v) is 14.1. The van der Waals surface area contributed by atoms with Crippen molar-refractivity contribution in [3.8, 4) is 5.75 Å². The van der Waals surface area contributed by atoms with Crippen molar-refractivity contribution in [1.29, 1.82) is 0 Å². The van der Waals surface area contributed by atoms with Crippen LogP contribution >= 0.6 is 0 Å². The molecule has 1 N–H and O–H groups in total. The molecule has 0 atom stereocenters. The van der Waals surface area contributed by atoms with E-state index in [0.717, 1.165) is 4.68 Å². The van der Waals surface area contributed by atoms with Gasteiger partial charge in [0.1, 0.15) is 5.75 Å². The number of halogens is 3. The largest absolute Gasteiger partial charge is 0.484 e. The molecule has 0 fully saturated rings. The van der Waals surface area contributed by atoms with E-state index in [-0.39, 0.29) is 17.0 Å². The summed E-state index contributed by atoms with van der Waals surface area (Å²) in [6.45, 7) is -1.40. The normalized spacial score (nSPS) is 11.4. The first-order chi connectivity index (χ1) is 12.7. The maximum absolute atomic E-state index is 12.6. The molecule has 0 aliphatic rings. The smallest absolute Gasteiger partial charge is 0.422 e. The van der Waals surface area contributed by atoms with Crippen LogP contribution in [0.3, 0.4) is 0 Å². The van der Waals surface area contributed by atoms with E-state index in [2.05, 4.69) is 15.2 Å². The molecule has 1 amide bonds. The number of carbonyl (C=O) groups is 1. The van der Waals surface area contributed by atoms with Crippen molar-refractivity contribution in [2.45, 2.75) is 6.18 Å². The molecule has 0 aliphatic carbocycles. The highest BCUT2D eigenvalue weighted by atomic mass is 19.4. The summed E-state index contributed by atoms with van der Waals surface area (Å²) in [4.78, 5) is 24.7. The molecule has 0 aliphatic heterocycles. The minimum atomic E-state index is -4.43. The highest BCUT2D eigenvalue weighted by Gasteiger charge is 2.28. The van der Waals surface area contributed by atoms with Gasteiger partial charge in [-0.1, -0.05) is 18.2 Å². The quantitative estimate of drug-likeness (QED) is 0.758. The van der Waals surface area contributed by atoms with Crippen molar-refractivity contribution in [2.75, 3.05) is 11.9 Å². The number of amides is 1. The molecule has 140 valence electrons. The van der Waals surface area contributed by atoms with Gasteiger partial charge in [-0.05, 0) is 30.3 Å². The molecule has 3 rings (SSSR count). The third-order valence-electron chi connectivity index (χ3n) is 3.69. The lowest BCUT2D eigenvalue weighted by molar-refractivity contribution is -0.153. The molecule has 0 bridgehead atoms. The van der Waals surface area contributed by atoms with Crippen LogP contribution in [-0.2, 0) is 7.05 Å². The molecule has 0 spiro atoms. The van der Waals surface area contributed by atoms with Crippen LogP contribution in [-0.4, -0.2) is 28.5 Å². The molecule has 9 heteroatoms. The van der Waals surface area contributed by atoms with E-state index in [1.807, 2.05) is 0 Å². The Morgan fingerprint density at radius 2 is 1.74 bits per heavy atom. The Kier molecular flexibility index (Phi) is 4.85. The molecule has 1 heterocycles. The first-order valence-corrected chi connectivity index (χ1v) is 7.81. The fraction of sp³-hybridized carbons (Fsp3) is 0.167. The molecule has 0 saturated heterocycles. The van der Waals surface area contributed by atoms with Gasteiger partial charge in [-0.25, -0.2) is 4.68 Å². The highest BCUT2D eigenvalue weighted by molar-refractivity contribution is 6.11. The van der Waals surface area contributed by atoms with Crippen molar-refractivity contribution in [2.24, 2.45) is 7.05 Å². The van der Waals surface area contributed by atoms with E-state index in [1.54, 1.807) is 24.3 Å². The van der Waals surface area contributed by atoms with Crippen molar-refractivity contribution >= 4 is 22.4 Å². The summed E-state index contributed by atoms with van der Waals surface area (Å²) in [5, 5.41) is 7.38. The Morgan fingerprint density at radius 1 is 1.11 bits per heavy atom. The summed E-state index contributed by atoms with van der Waals surface area (Å²) in [5.74, 6) is -0.526. The lowest BCUT2D eigenvalue weighted by Gasteiger charge is -2.11. The summed E-state index contributed by atoms with van der Waals surface area (Å²) in [6.07, 6.45) is -4.43. The van der Waals surface area contributed by atoms with Crippen molar-refractivity contribution in [3.05, 3.63) is 64.6 Å². The molecule has 0 unspecified atom stereocenters. The number of aromatic nitrogens is 2. The van der Waals surface area contributed by atoms with Gasteiger partial charge in [0.2, 0.25) is 0 Å². The first-order valence-electron chi connectivity index (χ1n) is 7.81. The van der Waals surface area contributed by atoms with E-state index in [4.69, 9.17) is 0 Å². The molecule has 27 heavy (non-hydrogen) atoms. The number of alkyl halides is 3. The maximum atomic E-state index is 12.6. The summed E-state index contributed by atoms with van der Waals surface area (Å²) >= 11 is 0. The van der Waals surface area contributed by atoms with Gasteiger partial charge in [0.25, 0.3) is 11.5 Å². The number of fused-ring (bicyclic) bond motifs is 1. The number of nitrogens with zero attached hydrogens (tertiary/aromatic N) is 2. The fourth-order valence-electron chi connectivity index (χ4n) is 2.46. The van der Waals surface area contributed by atoms with Crippen LogP contribution in [0.25, 0.3) is 10.8 Å². The number of aryl methyl sites for hydroxylation is 1. The number of nitrogens with one attached hydrogen (secondary N) is 1. The van der Waals surface area contributed by atoms with Gasteiger partial charge in [-0.15, -0.1) is 0 Å². The summed E-state index contributed by atoms with van der Waals surface area (Å²) in [6, 6.07) is 12.0. The molecule has 3 aromatic rings. The minimum Gasteiger partial charge on any atom is -0.484 e. The predicted molar refractivity (Wildman–Crippen MR) is 92.9 cm³/mol. The Balaban J connectivity index is 1.81. The van der Waals surface area contributed by atoms with Gasteiger partial charge < -0.3 is 10.1 Å². The predicted octanol–water partition coefficient (Wildman–Crippen LogP) is 3.13. The number of ether oxygens (including phenoxy) is 1. The Labute approximate surface area is 151 Å². The third-order valence-corrected chi connectivity index (χ3v) is 3.69. The van der Waals surface area contributed by atoms with Gasteiger partial charge in [-0.3, -0.25) is 9.59 Å². The monoisotopic (exact) mass is 377 g/mol. The number of carbonyl (C=O) groups excluding carboxylic acids is 1. The van der Waals surface area contributed by atoms with Crippen LogP contribution in [0.2, 0.25) is 0 Å². The average molecular weight is 377 g/mol. The van der Waals surface area contributed by atoms with E-state index in [9.17, 15) is 22.8 Å². The molecule has 0 saturated carbocycles. The lowest BCUT2D eigenvalue weighted by atomic mass is 10.1. The second kappa shape index (κ2) is 7.10. The van der Waals surface area contributed by atoms with E-state index < -0.39 is 18.7 Å². The summed E-state index contributed by atoms with van der Waals surface area (Å²) in [5.41, 5.74) is 0.0810.